The Balaban J connectivity index is 3.09. The third-order valence-electron chi connectivity index (χ3n) is 1.80. The van der Waals surface area contributed by atoms with Gasteiger partial charge in [0.25, 0.3) is 0 Å². The second-order valence-corrected chi connectivity index (χ2v) is 2.98. The number of carbonyl (C=O) groups excluding carboxylic acids is 1. The molecule has 0 bridgehead atoms. The van der Waals surface area contributed by atoms with Crippen molar-refractivity contribution in [3.8, 4) is 0 Å². The summed E-state index contributed by atoms with van der Waals surface area (Å²) in [6.07, 6.45) is -9.44. The lowest BCUT2D eigenvalue weighted by atomic mass is 9.98. The van der Waals surface area contributed by atoms with Crippen LogP contribution in [-0.4, -0.2) is 23.1 Å². The summed E-state index contributed by atoms with van der Waals surface area (Å²) in [5.41, 5.74) is -0.653. The van der Waals surface area contributed by atoms with Crippen molar-refractivity contribution < 1.29 is 31.1 Å². The van der Waals surface area contributed by atoms with Crippen LogP contribution in [0.2, 0.25) is 0 Å². The molecule has 1 rings (SSSR count). The highest BCUT2D eigenvalue weighted by molar-refractivity contribution is 5.98. The smallest absolute Gasteiger partial charge is 0.367 e. The maximum atomic E-state index is 12.1. The number of aromatic amines is 1. The predicted octanol–water partition coefficient (Wildman–Crippen LogP) is 2.94. The summed E-state index contributed by atoms with van der Waals surface area (Å²) in [6.45, 7) is 0. The molecule has 90 valence electrons. The Morgan fingerprint density at radius 1 is 1.12 bits per heavy atom. The predicted molar refractivity (Wildman–Crippen MR) is 40.7 cm³/mol. The normalized spacial score (nSPS) is 13.2. The lowest BCUT2D eigenvalue weighted by Gasteiger charge is -2.21. The van der Waals surface area contributed by atoms with Crippen LogP contribution in [0, 0.1) is 5.92 Å². The van der Waals surface area contributed by atoms with Crippen LogP contribution in [0.1, 0.15) is 10.4 Å². The van der Waals surface area contributed by atoms with Crippen molar-refractivity contribution >= 4 is 5.78 Å². The van der Waals surface area contributed by atoms with Gasteiger partial charge in [0.05, 0.1) is 0 Å². The van der Waals surface area contributed by atoms with Crippen molar-refractivity contribution in [3.05, 3.63) is 24.0 Å². The van der Waals surface area contributed by atoms with E-state index in [4.69, 9.17) is 0 Å². The molecule has 0 saturated carbocycles. The molecule has 0 amide bonds. The first kappa shape index (κ1) is 12.6. The van der Waals surface area contributed by atoms with Gasteiger partial charge >= 0.3 is 12.4 Å². The van der Waals surface area contributed by atoms with Gasteiger partial charge in [0.1, 0.15) is 0 Å². The van der Waals surface area contributed by atoms with Crippen molar-refractivity contribution in [2.75, 3.05) is 0 Å². The van der Waals surface area contributed by atoms with Crippen LogP contribution in [0.4, 0.5) is 26.3 Å². The first-order valence-electron chi connectivity index (χ1n) is 3.94. The van der Waals surface area contributed by atoms with E-state index in [1.165, 1.54) is 0 Å². The summed E-state index contributed by atoms with van der Waals surface area (Å²) in [7, 11) is 0. The molecule has 0 aliphatic rings. The molecule has 0 atom stereocenters. The summed E-state index contributed by atoms with van der Waals surface area (Å²) in [6, 6.07) is 0.854. The lowest BCUT2D eigenvalue weighted by molar-refractivity contribution is -0.264. The van der Waals surface area contributed by atoms with Crippen LogP contribution in [-0.2, 0) is 0 Å². The molecule has 8 heteroatoms. The van der Waals surface area contributed by atoms with Crippen molar-refractivity contribution in [2.45, 2.75) is 12.4 Å². The van der Waals surface area contributed by atoms with Gasteiger partial charge < -0.3 is 4.98 Å². The van der Waals surface area contributed by atoms with Crippen LogP contribution in [0.15, 0.2) is 18.5 Å². The standard InChI is InChI=1S/C8H5F6NO/c9-7(10,11)6(8(12,13)14)5(16)4-1-2-15-3-4/h1-3,6,15H. The van der Waals surface area contributed by atoms with Gasteiger partial charge in [-0.1, -0.05) is 0 Å². The Morgan fingerprint density at radius 3 is 1.94 bits per heavy atom. The summed E-state index contributed by atoms with van der Waals surface area (Å²) in [5.74, 6) is -5.99. The fourth-order valence-corrected chi connectivity index (χ4v) is 1.13. The van der Waals surface area contributed by atoms with Crippen molar-refractivity contribution in [2.24, 2.45) is 5.92 Å². The van der Waals surface area contributed by atoms with E-state index in [0.717, 1.165) is 18.5 Å². The zero-order valence-corrected chi connectivity index (χ0v) is 7.49. The Bertz CT molecular complexity index is 349. The second kappa shape index (κ2) is 3.84. The van der Waals surface area contributed by atoms with Gasteiger partial charge in [0, 0.05) is 18.0 Å². The number of hydrogen-bond acceptors (Lipinski definition) is 1. The third kappa shape index (κ3) is 2.56. The van der Waals surface area contributed by atoms with E-state index in [-0.39, 0.29) is 0 Å². The molecule has 0 radical (unpaired) electrons. The number of nitrogens with one attached hydrogen (secondary N) is 1. The third-order valence-corrected chi connectivity index (χ3v) is 1.80. The molecule has 0 fully saturated rings. The van der Waals surface area contributed by atoms with Gasteiger partial charge in [-0.25, -0.2) is 0 Å². The number of hydrogen-bond donors (Lipinski definition) is 1. The Hall–Kier alpha value is -1.47. The number of aromatic nitrogens is 1. The molecule has 0 aromatic carbocycles. The fourth-order valence-electron chi connectivity index (χ4n) is 1.13. The van der Waals surface area contributed by atoms with E-state index in [9.17, 15) is 31.1 Å². The number of ketones is 1. The van der Waals surface area contributed by atoms with Crippen molar-refractivity contribution in [1.29, 1.82) is 0 Å². The van der Waals surface area contributed by atoms with Crippen LogP contribution in [0.25, 0.3) is 0 Å². The zero-order chi connectivity index (χ0) is 12.6. The quantitative estimate of drug-likeness (QED) is 0.630. The molecule has 0 aliphatic heterocycles. The van der Waals surface area contributed by atoms with Gasteiger partial charge in [-0.05, 0) is 6.07 Å². The highest BCUT2D eigenvalue weighted by Gasteiger charge is 2.60. The van der Waals surface area contributed by atoms with E-state index in [0.29, 0.717) is 0 Å². The topological polar surface area (TPSA) is 32.9 Å². The van der Waals surface area contributed by atoms with Crippen LogP contribution in [0.5, 0.6) is 0 Å². The summed E-state index contributed by atoms with van der Waals surface area (Å²) < 4.78 is 72.6. The van der Waals surface area contributed by atoms with E-state index >= 15 is 0 Å². The molecule has 1 aromatic heterocycles. The molecule has 0 aliphatic carbocycles. The minimum atomic E-state index is -5.65. The highest BCUT2D eigenvalue weighted by atomic mass is 19.4. The molecular weight excluding hydrogens is 240 g/mol. The van der Waals surface area contributed by atoms with Crippen molar-refractivity contribution in [1.82, 2.24) is 4.98 Å². The Labute approximate surface area is 85.3 Å². The van der Waals surface area contributed by atoms with Gasteiger partial charge in [-0.2, -0.15) is 26.3 Å². The van der Waals surface area contributed by atoms with Crippen LogP contribution >= 0.6 is 0 Å². The monoisotopic (exact) mass is 245 g/mol. The van der Waals surface area contributed by atoms with Crippen molar-refractivity contribution in [3.63, 3.8) is 0 Å². The maximum Gasteiger partial charge on any atom is 0.407 e. The number of H-pyrrole nitrogens is 1. The Morgan fingerprint density at radius 2 is 1.62 bits per heavy atom. The van der Waals surface area contributed by atoms with Crippen LogP contribution < -0.4 is 0 Å². The number of halogens is 6. The fraction of sp³-hybridized carbons (Fsp3) is 0.375. The molecule has 1 heterocycles. The van der Waals surface area contributed by atoms with E-state index in [1.807, 2.05) is 0 Å². The SMILES string of the molecule is O=C(c1cc[nH]c1)C(C(F)(F)F)C(F)(F)F. The number of Topliss-reactive ketones (excluding diaryl/α,β-unsaturated/α-hetero) is 1. The molecular formula is C8H5F6NO. The number of carbonyl (C=O) groups is 1. The minimum absolute atomic E-state index is 0.653. The van der Waals surface area contributed by atoms with E-state index < -0.39 is 29.6 Å². The zero-order valence-electron chi connectivity index (χ0n) is 7.49. The first-order valence-corrected chi connectivity index (χ1v) is 3.94. The van der Waals surface area contributed by atoms with Crippen LogP contribution in [0.3, 0.4) is 0 Å². The second-order valence-electron chi connectivity index (χ2n) is 2.98. The summed E-state index contributed by atoms with van der Waals surface area (Å²) in [4.78, 5) is 13.3. The minimum Gasteiger partial charge on any atom is -0.367 e. The highest BCUT2D eigenvalue weighted by Crippen LogP contribution is 2.41. The van der Waals surface area contributed by atoms with E-state index in [2.05, 4.69) is 4.98 Å². The first-order chi connectivity index (χ1) is 7.14. The van der Waals surface area contributed by atoms with Gasteiger partial charge in [0.2, 0.25) is 5.92 Å². The number of rotatable bonds is 2. The molecule has 1 N–H and O–H groups in total. The molecule has 1 aromatic rings. The molecule has 0 saturated heterocycles. The molecule has 0 spiro atoms. The largest absolute Gasteiger partial charge is 0.407 e. The lowest BCUT2D eigenvalue weighted by Crippen LogP contribution is -2.42. The molecule has 2 nitrogen and oxygen atoms in total. The van der Waals surface area contributed by atoms with Gasteiger partial charge in [-0.3, -0.25) is 4.79 Å². The van der Waals surface area contributed by atoms with Gasteiger partial charge in [0.15, 0.2) is 5.78 Å². The number of alkyl halides is 6. The maximum absolute atomic E-state index is 12.1. The van der Waals surface area contributed by atoms with E-state index in [1.54, 1.807) is 0 Å². The Kier molecular flexibility index (Phi) is 3.02. The summed E-state index contributed by atoms with van der Waals surface area (Å²) in [5, 5.41) is 0. The molecule has 16 heavy (non-hydrogen) atoms. The average Bonchev–Trinajstić information content (AvgIpc) is 2.48. The average molecular weight is 245 g/mol. The molecule has 0 unspecified atom stereocenters. The summed E-state index contributed by atoms with van der Waals surface area (Å²) >= 11 is 0. The van der Waals surface area contributed by atoms with Gasteiger partial charge in [-0.15, -0.1) is 0 Å².